The summed E-state index contributed by atoms with van der Waals surface area (Å²) < 4.78 is 0. The van der Waals surface area contributed by atoms with Crippen LogP contribution in [-0.2, 0) is 4.79 Å². The monoisotopic (exact) mass is 269 g/mol. The Kier molecular flexibility index (Phi) is 3.93. The number of carbonyl (C=O) groups excluding carboxylic acids is 1. The number of rotatable bonds is 4. The fraction of sp³-hybridized carbons (Fsp3) is 0.455. The number of carboxylic acids is 1. The molecule has 0 saturated carbocycles. The summed E-state index contributed by atoms with van der Waals surface area (Å²) in [6, 6.07) is 2.43. The summed E-state index contributed by atoms with van der Waals surface area (Å²) in [5, 5.41) is 19.4. The van der Waals surface area contributed by atoms with Gasteiger partial charge in [-0.15, -0.1) is 0 Å². The number of hydrogen-bond acceptors (Lipinski definition) is 4. The number of carboxylic acid groups (broad SMARTS) is 1. The Hall–Kier alpha value is -2.38. The summed E-state index contributed by atoms with van der Waals surface area (Å²) in [5.74, 6) is -2.06. The third-order valence-corrected chi connectivity index (χ3v) is 2.45. The van der Waals surface area contributed by atoms with Crippen LogP contribution in [0.25, 0.3) is 0 Å². The standard InChI is InChI=1S/C11H15N3O5/c1-11(2,3)13(6-9(15)16)10(17)7-4-5-8(12-7)14(18)19/h4-5,12H,6H2,1-3H3,(H,15,16). The van der Waals surface area contributed by atoms with Crippen LogP contribution in [0.15, 0.2) is 12.1 Å². The van der Waals surface area contributed by atoms with Gasteiger partial charge in [0, 0.05) is 11.6 Å². The van der Waals surface area contributed by atoms with Gasteiger partial charge in [0.25, 0.3) is 5.91 Å². The summed E-state index contributed by atoms with van der Waals surface area (Å²) in [6.07, 6.45) is 0. The van der Waals surface area contributed by atoms with Crippen LogP contribution in [0.4, 0.5) is 5.82 Å². The Morgan fingerprint density at radius 1 is 1.42 bits per heavy atom. The first kappa shape index (κ1) is 14.7. The van der Waals surface area contributed by atoms with Gasteiger partial charge in [0.15, 0.2) is 5.69 Å². The molecular formula is C11H15N3O5. The molecule has 1 aromatic heterocycles. The number of nitrogens with zero attached hydrogens (tertiary/aromatic N) is 2. The fourth-order valence-electron chi connectivity index (χ4n) is 1.51. The zero-order chi connectivity index (χ0) is 14.8. The molecule has 0 radical (unpaired) electrons. The number of aliphatic carboxylic acids is 1. The van der Waals surface area contributed by atoms with E-state index in [2.05, 4.69) is 4.98 Å². The van der Waals surface area contributed by atoms with Crippen LogP contribution in [0.3, 0.4) is 0 Å². The van der Waals surface area contributed by atoms with Crippen molar-refractivity contribution in [1.29, 1.82) is 0 Å². The molecule has 0 aliphatic heterocycles. The maximum Gasteiger partial charge on any atom is 0.323 e. The maximum atomic E-state index is 12.2. The molecular weight excluding hydrogens is 254 g/mol. The van der Waals surface area contributed by atoms with E-state index in [4.69, 9.17) is 5.11 Å². The number of aromatic nitrogens is 1. The van der Waals surface area contributed by atoms with E-state index >= 15 is 0 Å². The molecule has 0 spiro atoms. The highest BCUT2D eigenvalue weighted by Gasteiger charge is 2.31. The highest BCUT2D eigenvalue weighted by molar-refractivity contribution is 5.95. The first-order valence-electron chi connectivity index (χ1n) is 5.50. The molecule has 0 aromatic carbocycles. The quantitative estimate of drug-likeness (QED) is 0.630. The third-order valence-electron chi connectivity index (χ3n) is 2.45. The minimum atomic E-state index is -1.15. The molecule has 1 heterocycles. The molecule has 8 heteroatoms. The number of amides is 1. The van der Waals surface area contributed by atoms with Gasteiger partial charge in [-0.05, 0) is 31.8 Å². The van der Waals surface area contributed by atoms with E-state index in [1.165, 1.54) is 6.07 Å². The lowest BCUT2D eigenvalue weighted by Gasteiger charge is -2.33. The number of H-pyrrole nitrogens is 1. The Bertz CT molecular complexity index is 515. The van der Waals surface area contributed by atoms with Gasteiger partial charge >= 0.3 is 11.8 Å². The van der Waals surface area contributed by atoms with Crippen LogP contribution < -0.4 is 0 Å². The van der Waals surface area contributed by atoms with Crippen molar-refractivity contribution in [2.75, 3.05) is 6.54 Å². The molecule has 0 saturated heterocycles. The smallest absolute Gasteiger partial charge is 0.323 e. The topological polar surface area (TPSA) is 117 Å². The minimum Gasteiger partial charge on any atom is -0.480 e. The summed E-state index contributed by atoms with van der Waals surface area (Å²) in [7, 11) is 0. The molecule has 0 aliphatic rings. The first-order chi connectivity index (χ1) is 8.62. The van der Waals surface area contributed by atoms with Gasteiger partial charge in [-0.2, -0.15) is 0 Å². The Labute approximate surface area is 109 Å². The van der Waals surface area contributed by atoms with Crippen LogP contribution in [0.1, 0.15) is 31.3 Å². The van der Waals surface area contributed by atoms with Crippen LogP contribution in [0, 0.1) is 10.1 Å². The number of hydrogen-bond donors (Lipinski definition) is 2. The molecule has 0 aliphatic carbocycles. The summed E-state index contributed by atoms with van der Waals surface area (Å²) >= 11 is 0. The van der Waals surface area contributed by atoms with Crippen molar-refractivity contribution in [3.8, 4) is 0 Å². The van der Waals surface area contributed by atoms with E-state index in [0.29, 0.717) is 0 Å². The molecule has 2 N–H and O–H groups in total. The largest absolute Gasteiger partial charge is 0.480 e. The summed E-state index contributed by atoms with van der Waals surface area (Å²) in [6.45, 7) is 4.58. The molecule has 19 heavy (non-hydrogen) atoms. The lowest BCUT2D eigenvalue weighted by Crippen LogP contribution is -2.48. The SMILES string of the molecule is CC(C)(C)N(CC(=O)O)C(=O)c1ccc([N+](=O)[O-])[nH]1. The number of aromatic amines is 1. The van der Waals surface area contributed by atoms with E-state index < -0.39 is 28.9 Å². The molecule has 0 bridgehead atoms. The average molecular weight is 269 g/mol. The predicted molar refractivity (Wildman–Crippen MR) is 65.9 cm³/mol. The van der Waals surface area contributed by atoms with Crippen molar-refractivity contribution in [1.82, 2.24) is 9.88 Å². The fourth-order valence-corrected chi connectivity index (χ4v) is 1.51. The van der Waals surface area contributed by atoms with Crippen LogP contribution in [-0.4, -0.2) is 43.9 Å². The van der Waals surface area contributed by atoms with Gasteiger partial charge in [0.2, 0.25) is 0 Å². The lowest BCUT2D eigenvalue weighted by atomic mass is 10.1. The highest BCUT2D eigenvalue weighted by Crippen LogP contribution is 2.18. The Morgan fingerprint density at radius 3 is 2.37 bits per heavy atom. The number of nitrogens with one attached hydrogen (secondary N) is 1. The molecule has 1 rings (SSSR count). The van der Waals surface area contributed by atoms with Crippen molar-refractivity contribution in [2.45, 2.75) is 26.3 Å². The zero-order valence-electron chi connectivity index (χ0n) is 10.8. The lowest BCUT2D eigenvalue weighted by molar-refractivity contribution is -0.389. The van der Waals surface area contributed by atoms with Gasteiger partial charge < -0.3 is 20.1 Å². The molecule has 104 valence electrons. The van der Waals surface area contributed by atoms with E-state index in [1.54, 1.807) is 20.8 Å². The van der Waals surface area contributed by atoms with Crippen LogP contribution in [0.2, 0.25) is 0 Å². The van der Waals surface area contributed by atoms with Crippen molar-refractivity contribution in [2.24, 2.45) is 0 Å². The normalized spacial score (nSPS) is 11.1. The highest BCUT2D eigenvalue weighted by atomic mass is 16.6. The van der Waals surface area contributed by atoms with E-state index in [-0.39, 0.29) is 11.5 Å². The second-order valence-corrected chi connectivity index (χ2v) is 4.97. The number of carbonyl (C=O) groups is 2. The molecule has 0 atom stereocenters. The summed E-state index contributed by atoms with van der Waals surface area (Å²) in [5.41, 5.74) is -0.724. The molecule has 8 nitrogen and oxygen atoms in total. The summed E-state index contributed by atoms with van der Waals surface area (Å²) in [4.78, 5) is 36.3. The Balaban J connectivity index is 3.05. The van der Waals surface area contributed by atoms with E-state index in [0.717, 1.165) is 11.0 Å². The van der Waals surface area contributed by atoms with Gasteiger partial charge in [-0.25, -0.2) is 4.98 Å². The van der Waals surface area contributed by atoms with Crippen LogP contribution in [0.5, 0.6) is 0 Å². The minimum absolute atomic E-state index is 0.0112. The second-order valence-electron chi connectivity index (χ2n) is 4.97. The Morgan fingerprint density at radius 2 is 2.00 bits per heavy atom. The first-order valence-corrected chi connectivity index (χ1v) is 5.50. The van der Waals surface area contributed by atoms with E-state index in [9.17, 15) is 19.7 Å². The molecule has 1 amide bonds. The van der Waals surface area contributed by atoms with Gasteiger partial charge in [0.1, 0.15) is 6.54 Å². The van der Waals surface area contributed by atoms with E-state index in [1.807, 2.05) is 0 Å². The van der Waals surface area contributed by atoms with Crippen LogP contribution >= 0.6 is 0 Å². The van der Waals surface area contributed by atoms with Gasteiger partial charge in [0.05, 0.1) is 0 Å². The van der Waals surface area contributed by atoms with Gasteiger partial charge in [-0.1, -0.05) is 0 Å². The molecule has 0 fully saturated rings. The third kappa shape index (κ3) is 3.54. The number of nitro groups is 1. The van der Waals surface area contributed by atoms with Crippen molar-refractivity contribution < 1.29 is 19.6 Å². The molecule has 1 aromatic rings. The van der Waals surface area contributed by atoms with Crippen molar-refractivity contribution in [3.05, 3.63) is 27.9 Å². The molecule has 0 unspecified atom stereocenters. The van der Waals surface area contributed by atoms with Crippen molar-refractivity contribution >= 4 is 17.7 Å². The maximum absolute atomic E-state index is 12.2. The predicted octanol–water partition coefficient (Wildman–Crippen LogP) is 1.25. The average Bonchev–Trinajstić information content (AvgIpc) is 2.72. The second kappa shape index (κ2) is 5.09. The zero-order valence-corrected chi connectivity index (χ0v) is 10.8. The van der Waals surface area contributed by atoms with Gasteiger partial charge in [-0.3, -0.25) is 9.59 Å². The van der Waals surface area contributed by atoms with Crippen molar-refractivity contribution in [3.63, 3.8) is 0 Å².